The van der Waals surface area contributed by atoms with Gasteiger partial charge in [0.2, 0.25) is 0 Å². The van der Waals surface area contributed by atoms with Crippen molar-refractivity contribution in [3.8, 4) is 0 Å². The highest BCUT2D eigenvalue weighted by molar-refractivity contribution is 6.04. The fourth-order valence-corrected chi connectivity index (χ4v) is 3.16. The molecule has 0 saturated carbocycles. The SMILES string of the molecule is CCc1cc(C(=O)O)c2c(c1)c(CCN)c(C)n2C(C)C. The van der Waals surface area contributed by atoms with Crippen molar-refractivity contribution in [2.24, 2.45) is 5.73 Å². The van der Waals surface area contributed by atoms with Crippen LogP contribution in [0.2, 0.25) is 0 Å². The Kier molecular flexibility index (Phi) is 4.37. The van der Waals surface area contributed by atoms with Crippen LogP contribution in [-0.2, 0) is 12.8 Å². The fourth-order valence-electron chi connectivity index (χ4n) is 3.16. The zero-order chi connectivity index (χ0) is 15.7. The molecule has 0 radical (unpaired) electrons. The molecule has 2 aromatic rings. The minimum Gasteiger partial charge on any atom is -0.478 e. The number of hydrogen-bond acceptors (Lipinski definition) is 2. The van der Waals surface area contributed by atoms with Crippen LogP contribution < -0.4 is 5.73 Å². The highest BCUT2D eigenvalue weighted by Gasteiger charge is 2.21. The van der Waals surface area contributed by atoms with Crippen LogP contribution in [0.15, 0.2) is 12.1 Å². The van der Waals surface area contributed by atoms with Crippen LogP contribution in [-0.4, -0.2) is 22.2 Å². The first-order valence-corrected chi connectivity index (χ1v) is 7.52. The third kappa shape index (κ3) is 2.56. The Bertz CT molecular complexity index is 684. The molecule has 0 saturated heterocycles. The largest absolute Gasteiger partial charge is 0.478 e. The van der Waals surface area contributed by atoms with Gasteiger partial charge in [-0.05, 0) is 63.4 Å². The number of carbonyl (C=O) groups is 1. The average Bonchev–Trinajstić information content (AvgIpc) is 2.71. The summed E-state index contributed by atoms with van der Waals surface area (Å²) in [5, 5.41) is 10.6. The molecule has 1 aromatic carbocycles. The topological polar surface area (TPSA) is 68.2 Å². The molecule has 2 rings (SSSR count). The van der Waals surface area contributed by atoms with Gasteiger partial charge in [0.25, 0.3) is 0 Å². The first kappa shape index (κ1) is 15.6. The summed E-state index contributed by atoms with van der Waals surface area (Å²) >= 11 is 0. The van der Waals surface area contributed by atoms with Gasteiger partial charge in [-0.1, -0.05) is 6.92 Å². The van der Waals surface area contributed by atoms with Crippen LogP contribution in [0.4, 0.5) is 0 Å². The number of aromatic nitrogens is 1. The van der Waals surface area contributed by atoms with Crippen molar-refractivity contribution in [1.82, 2.24) is 4.57 Å². The van der Waals surface area contributed by atoms with Gasteiger partial charge >= 0.3 is 5.97 Å². The number of benzene rings is 1. The molecular formula is C17H24N2O2. The van der Waals surface area contributed by atoms with Crippen LogP contribution in [0.5, 0.6) is 0 Å². The van der Waals surface area contributed by atoms with Crippen LogP contribution in [0.3, 0.4) is 0 Å². The number of fused-ring (bicyclic) bond motifs is 1. The number of hydrogen-bond donors (Lipinski definition) is 2. The van der Waals surface area contributed by atoms with E-state index in [4.69, 9.17) is 5.73 Å². The quantitative estimate of drug-likeness (QED) is 0.887. The van der Waals surface area contributed by atoms with Gasteiger partial charge in [-0.15, -0.1) is 0 Å². The average molecular weight is 288 g/mol. The summed E-state index contributed by atoms with van der Waals surface area (Å²) in [4.78, 5) is 11.7. The predicted octanol–water partition coefficient (Wildman–Crippen LogP) is 3.29. The van der Waals surface area contributed by atoms with Crippen LogP contribution in [0.25, 0.3) is 10.9 Å². The Morgan fingerprint density at radius 1 is 1.38 bits per heavy atom. The Labute approximate surface area is 125 Å². The smallest absolute Gasteiger partial charge is 0.337 e. The van der Waals surface area contributed by atoms with Crippen molar-refractivity contribution in [3.63, 3.8) is 0 Å². The number of carboxylic acid groups (broad SMARTS) is 1. The van der Waals surface area contributed by atoms with Gasteiger partial charge < -0.3 is 15.4 Å². The van der Waals surface area contributed by atoms with E-state index in [0.29, 0.717) is 12.1 Å². The first-order chi connectivity index (χ1) is 9.92. The molecule has 1 heterocycles. The normalized spacial score (nSPS) is 11.5. The molecule has 4 heteroatoms. The molecule has 0 spiro atoms. The maximum atomic E-state index is 11.7. The Balaban J connectivity index is 2.95. The number of aromatic carboxylic acids is 1. The van der Waals surface area contributed by atoms with Gasteiger partial charge in [-0.2, -0.15) is 0 Å². The molecule has 4 nitrogen and oxygen atoms in total. The van der Waals surface area contributed by atoms with Crippen LogP contribution >= 0.6 is 0 Å². The minimum absolute atomic E-state index is 0.213. The van der Waals surface area contributed by atoms with E-state index in [1.54, 1.807) is 6.07 Å². The second-order valence-electron chi connectivity index (χ2n) is 5.76. The molecule has 1 aromatic heterocycles. The lowest BCUT2D eigenvalue weighted by Gasteiger charge is -2.14. The summed E-state index contributed by atoms with van der Waals surface area (Å²) in [5.41, 5.74) is 10.3. The van der Waals surface area contributed by atoms with E-state index in [0.717, 1.165) is 35.0 Å². The van der Waals surface area contributed by atoms with Gasteiger partial charge in [0.05, 0.1) is 11.1 Å². The van der Waals surface area contributed by atoms with Crippen molar-refractivity contribution in [3.05, 3.63) is 34.5 Å². The molecular weight excluding hydrogens is 264 g/mol. The summed E-state index contributed by atoms with van der Waals surface area (Å²) in [7, 11) is 0. The molecule has 114 valence electrons. The standard InChI is InChI=1S/C17H24N2O2/c1-5-12-8-14-13(6-7-18)11(4)19(10(2)3)16(14)15(9-12)17(20)21/h8-10H,5-7,18H2,1-4H3,(H,20,21). The highest BCUT2D eigenvalue weighted by atomic mass is 16.4. The lowest BCUT2D eigenvalue weighted by molar-refractivity contribution is 0.0698. The van der Waals surface area contributed by atoms with Gasteiger partial charge in [0.15, 0.2) is 0 Å². The van der Waals surface area contributed by atoms with E-state index in [9.17, 15) is 9.90 Å². The Hall–Kier alpha value is -1.81. The summed E-state index contributed by atoms with van der Waals surface area (Å²) in [6.45, 7) is 8.83. The van der Waals surface area contributed by atoms with Gasteiger partial charge in [0.1, 0.15) is 0 Å². The zero-order valence-corrected chi connectivity index (χ0v) is 13.2. The number of nitrogens with two attached hydrogens (primary N) is 1. The van der Waals surface area contributed by atoms with Crippen LogP contribution in [0, 0.1) is 6.92 Å². The molecule has 0 aliphatic carbocycles. The Morgan fingerprint density at radius 2 is 2.05 bits per heavy atom. The van der Waals surface area contributed by atoms with E-state index in [2.05, 4.69) is 31.4 Å². The van der Waals surface area contributed by atoms with E-state index in [-0.39, 0.29) is 6.04 Å². The van der Waals surface area contributed by atoms with E-state index >= 15 is 0 Å². The predicted molar refractivity (Wildman–Crippen MR) is 86.2 cm³/mol. The van der Waals surface area contributed by atoms with Crippen molar-refractivity contribution in [2.45, 2.75) is 46.6 Å². The number of carboxylic acids is 1. The third-order valence-corrected chi connectivity index (χ3v) is 4.08. The summed E-state index contributed by atoms with van der Waals surface area (Å²) < 4.78 is 2.13. The minimum atomic E-state index is -0.867. The third-order valence-electron chi connectivity index (χ3n) is 4.08. The van der Waals surface area contributed by atoms with Crippen LogP contribution in [0.1, 0.15) is 54.0 Å². The van der Waals surface area contributed by atoms with E-state index in [1.807, 2.05) is 6.92 Å². The molecule has 3 N–H and O–H groups in total. The molecule has 0 aliphatic rings. The molecule has 0 aliphatic heterocycles. The molecule has 0 amide bonds. The monoisotopic (exact) mass is 288 g/mol. The van der Waals surface area contributed by atoms with Crippen molar-refractivity contribution in [2.75, 3.05) is 6.54 Å². The Morgan fingerprint density at radius 3 is 2.52 bits per heavy atom. The molecule has 0 unspecified atom stereocenters. The summed E-state index contributed by atoms with van der Waals surface area (Å²) in [5.74, 6) is -0.867. The summed E-state index contributed by atoms with van der Waals surface area (Å²) in [6, 6.07) is 4.14. The first-order valence-electron chi connectivity index (χ1n) is 7.52. The fraction of sp³-hybridized carbons (Fsp3) is 0.471. The van der Waals surface area contributed by atoms with Crippen molar-refractivity contribution in [1.29, 1.82) is 0 Å². The molecule has 0 atom stereocenters. The highest BCUT2D eigenvalue weighted by Crippen LogP contribution is 2.33. The van der Waals surface area contributed by atoms with Crippen molar-refractivity contribution < 1.29 is 9.90 Å². The number of rotatable bonds is 5. The maximum Gasteiger partial charge on any atom is 0.337 e. The lowest BCUT2D eigenvalue weighted by atomic mass is 10.0. The maximum absolute atomic E-state index is 11.7. The second kappa shape index (κ2) is 5.90. The van der Waals surface area contributed by atoms with Crippen molar-refractivity contribution >= 4 is 16.9 Å². The zero-order valence-electron chi connectivity index (χ0n) is 13.2. The van der Waals surface area contributed by atoms with E-state index < -0.39 is 5.97 Å². The van der Waals surface area contributed by atoms with Gasteiger partial charge in [0, 0.05) is 17.1 Å². The second-order valence-corrected chi connectivity index (χ2v) is 5.76. The lowest BCUT2D eigenvalue weighted by Crippen LogP contribution is -2.08. The summed E-state index contributed by atoms with van der Waals surface area (Å²) in [6.07, 6.45) is 1.60. The number of nitrogens with zero attached hydrogens (tertiary/aromatic N) is 1. The molecule has 0 bridgehead atoms. The number of aryl methyl sites for hydroxylation is 1. The molecule has 0 fully saturated rings. The van der Waals surface area contributed by atoms with E-state index in [1.165, 1.54) is 5.56 Å². The van der Waals surface area contributed by atoms with Gasteiger partial charge in [-0.3, -0.25) is 0 Å². The molecule has 21 heavy (non-hydrogen) atoms. The van der Waals surface area contributed by atoms with Gasteiger partial charge in [-0.25, -0.2) is 4.79 Å².